The van der Waals surface area contributed by atoms with Gasteiger partial charge in [-0.15, -0.1) is 0 Å². The van der Waals surface area contributed by atoms with Gasteiger partial charge in [-0.25, -0.2) is 9.79 Å². The van der Waals surface area contributed by atoms with Crippen LogP contribution in [-0.2, 0) is 0 Å². The molecule has 1 saturated carbocycles. The molecule has 1 aliphatic carbocycles. The van der Waals surface area contributed by atoms with Crippen molar-refractivity contribution < 1.29 is 5.11 Å². The Kier molecular flexibility index (Phi) is 4.12. The standard InChI is InChI=1S/C18H23N9O2/c1-9-7-26(8-10(2)20-9)16-23-14-11(5-13-15(28)24-18(29)22-13)6-19-27(14)17(25-16)21-12-3-4-12/h5-6,9-10,12,20,28H,3-4,7-8H2,1-2H3,(H2,22,24,29)/b11-5+,21-17?/t9-,10+. The number of rotatable bonds is 3. The van der Waals surface area contributed by atoms with Crippen molar-refractivity contribution in [2.75, 3.05) is 18.0 Å². The fourth-order valence-corrected chi connectivity index (χ4v) is 3.70. The molecule has 3 aromatic rings. The topological polar surface area (TPSA) is 140 Å². The van der Waals surface area contributed by atoms with Crippen LogP contribution in [-0.4, -0.2) is 65.9 Å². The lowest BCUT2D eigenvalue weighted by atomic mass is 10.1. The average Bonchev–Trinajstić information content (AvgIpc) is 3.29. The van der Waals surface area contributed by atoms with Gasteiger partial charge in [0, 0.05) is 30.4 Å². The number of nitrogens with zero attached hydrogens (tertiary/aromatic N) is 6. The quantitative estimate of drug-likeness (QED) is 0.428. The minimum Gasteiger partial charge on any atom is -0.493 e. The molecule has 0 amide bonds. The summed E-state index contributed by atoms with van der Waals surface area (Å²) in [4.78, 5) is 32.6. The fourth-order valence-electron chi connectivity index (χ4n) is 3.70. The molecular weight excluding hydrogens is 374 g/mol. The molecule has 4 N–H and O–H groups in total. The first-order chi connectivity index (χ1) is 14.0. The normalized spacial score (nSPS) is 24.0. The smallest absolute Gasteiger partial charge is 0.326 e. The summed E-state index contributed by atoms with van der Waals surface area (Å²) in [6, 6.07) is 0.920. The Labute approximate surface area is 165 Å². The molecule has 4 heterocycles. The van der Waals surface area contributed by atoms with Crippen molar-refractivity contribution in [3.8, 4) is 5.88 Å². The van der Waals surface area contributed by atoms with Crippen molar-refractivity contribution in [1.29, 1.82) is 0 Å². The third-order valence-corrected chi connectivity index (χ3v) is 5.09. The van der Waals surface area contributed by atoms with Gasteiger partial charge >= 0.3 is 5.69 Å². The maximum absolute atomic E-state index is 11.4. The number of aromatic nitrogens is 6. The molecule has 5 rings (SSSR count). The highest BCUT2D eigenvalue weighted by molar-refractivity contribution is 5.57. The monoisotopic (exact) mass is 397 g/mol. The largest absolute Gasteiger partial charge is 0.493 e. The van der Waals surface area contributed by atoms with Crippen LogP contribution in [0.1, 0.15) is 32.4 Å². The van der Waals surface area contributed by atoms with E-state index in [1.807, 2.05) is 0 Å². The maximum Gasteiger partial charge on any atom is 0.326 e. The zero-order chi connectivity index (χ0) is 20.1. The number of anilines is 1. The van der Waals surface area contributed by atoms with E-state index in [0.29, 0.717) is 34.5 Å². The van der Waals surface area contributed by atoms with Gasteiger partial charge in [-0.3, -0.25) is 4.98 Å². The summed E-state index contributed by atoms with van der Waals surface area (Å²) in [5.74, 6) is 0.385. The number of aromatic amines is 2. The van der Waals surface area contributed by atoms with E-state index in [1.54, 1.807) is 16.8 Å². The Balaban J connectivity index is 1.69. The van der Waals surface area contributed by atoms with Crippen LogP contribution in [0.2, 0.25) is 0 Å². The van der Waals surface area contributed by atoms with Crippen molar-refractivity contribution in [2.45, 2.75) is 44.8 Å². The van der Waals surface area contributed by atoms with Crippen LogP contribution in [0.15, 0.2) is 16.0 Å². The number of hydrogen-bond acceptors (Lipinski definition) is 8. The van der Waals surface area contributed by atoms with Crippen LogP contribution in [0.25, 0.3) is 11.7 Å². The Hall–Kier alpha value is -3.21. The molecule has 0 bridgehead atoms. The number of imidazole rings is 1. The highest BCUT2D eigenvalue weighted by Gasteiger charge is 2.25. The molecule has 0 aromatic carbocycles. The van der Waals surface area contributed by atoms with Gasteiger partial charge in [-0.2, -0.15) is 19.6 Å². The molecule has 1 aliphatic heterocycles. The summed E-state index contributed by atoms with van der Waals surface area (Å²) in [5.41, 5.74) is 0.899. The zero-order valence-electron chi connectivity index (χ0n) is 16.3. The first kappa shape index (κ1) is 17.9. The van der Waals surface area contributed by atoms with Crippen LogP contribution in [0.3, 0.4) is 0 Å². The molecular formula is C18H23N9O2. The molecule has 2 aliphatic rings. The molecule has 11 nitrogen and oxygen atoms in total. The van der Waals surface area contributed by atoms with Crippen LogP contribution in [0.5, 0.6) is 5.88 Å². The zero-order valence-corrected chi connectivity index (χ0v) is 16.3. The molecule has 0 radical (unpaired) electrons. The Morgan fingerprint density at radius 3 is 2.62 bits per heavy atom. The Morgan fingerprint density at radius 1 is 1.21 bits per heavy atom. The fraction of sp³-hybridized carbons (Fsp3) is 0.500. The number of H-pyrrole nitrogens is 2. The van der Waals surface area contributed by atoms with Crippen molar-refractivity contribution >= 4 is 17.7 Å². The van der Waals surface area contributed by atoms with E-state index in [-0.39, 0.29) is 17.6 Å². The number of aromatic hydroxyl groups is 1. The highest BCUT2D eigenvalue weighted by atomic mass is 16.3. The van der Waals surface area contributed by atoms with Gasteiger partial charge < -0.3 is 20.3 Å². The maximum atomic E-state index is 11.4. The van der Waals surface area contributed by atoms with E-state index < -0.39 is 5.69 Å². The van der Waals surface area contributed by atoms with Gasteiger partial charge in [0.1, 0.15) is 5.69 Å². The van der Waals surface area contributed by atoms with Crippen LogP contribution < -0.4 is 26.7 Å². The van der Waals surface area contributed by atoms with Gasteiger partial charge in [-0.05, 0) is 32.8 Å². The molecule has 3 aromatic heterocycles. The minimum absolute atomic E-state index is 0.226. The molecule has 2 atom stereocenters. The third-order valence-electron chi connectivity index (χ3n) is 5.09. The minimum atomic E-state index is -0.478. The summed E-state index contributed by atoms with van der Waals surface area (Å²) in [6.45, 7) is 5.87. The Morgan fingerprint density at radius 2 is 1.97 bits per heavy atom. The number of nitrogens with one attached hydrogen (secondary N) is 3. The van der Waals surface area contributed by atoms with Gasteiger partial charge in [0.15, 0.2) is 5.65 Å². The average molecular weight is 397 g/mol. The van der Waals surface area contributed by atoms with Crippen LogP contribution in [0.4, 0.5) is 5.95 Å². The van der Waals surface area contributed by atoms with Crippen molar-refractivity contribution in [3.63, 3.8) is 0 Å². The molecule has 11 heteroatoms. The number of piperazine rings is 1. The second-order valence-electron chi connectivity index (χ2n) is 7.88. The molecule has 0 spiro atoms. The molecule has 2 fully saturated rings. The first-order valence-corrected chi connectivity index (χ1v) is 9.80. The van der Waals surface area contributed by atoms with E-state index in [2.05, 4.69) is 39.1 Å². The van der Waals surface area contributed by atoms with Gasteiger partial charge in [0.25, 0.3) is 5.62 Å². The summed E-state index contributed by atoms with van der Waals surface area (Å²) in [6.07, 6.45) is 5.38. The SMILES string of the molecule is C[C@@H]1CN(c2nc(=NC3CC3)n3nc/c(=C\c4[nH]c(=O)[nH]c4O)c3n2)C[C@H](C)N1. The second kappa shape index (κ2) is 6.69. The van der Waals surface area contributed by atoms with Crippen LogP contribution in [0, 0.1) is 0 Å². The third kappa shape index (κ3) is 3.48. The predicted molar refractivity (Wildman–Crippen MR) is 106 cm³/mol. The van der Waals surface area contributed by atoms with Crippen molar-refractivity contribution in [2.24, 2.45) is 4.99 Å². The lowest BCUT2D eigenvalue weighted by Crippen LogP contribution is -2.55. The lowest BCUT2D eigenvalue weighted by molar-refractivity contribution is 0.402. The summed E-state index contributed by atoms with van der Waals surface area (Å²) in [5, 5.41) is 18.5. The summed E-state index contributed by atoms with van der Waals surface area (Å²) < 4.78 is 1.62. The van der Waals surface area contributed by atoms with Crippen molar-refractivity contribution in [3.05, 3.63) is 33.2 Å². The highest BCUT2D eigenvalue weighted by Crippen LogP contribution is 2.22. The van der Waals surface area contributed by atoms with Gasteiger partial charge in [-0.1, -0.05) is 0 Å². The second-order valence-corrected chi connectivity index (χ2v) is 7.88. The number of fused-ring (bicyclic) bond motifs is 1. The van der Waals surface area contributed by atoms with Crippen molar-refractivity contribution in [1.82, 2.24) is 34.9 Å². The van der Waals surface area contributed by atoms with Crippen LogP contribution >= 0.6 is 0 Å². The van der Waals surface area contributed by atoms with E-state index in [1.165, 1.54) is 0 Å². The Bertz CT molecular complexity index is 1230. The molecule has 1 saturated heterocycles. The van der Waals surface area contributed by atoms with E-state index >= 15 is 0 Å². The first-order valence-electron chi connectivity index (χ1n) is 9.80. The lowest BCUT2D eigenvalue weighted by Gasteiger charge is -2.36. The van der Waals surface area contributed by atoms with E-state index in [4.69, 9.17) is 15.0 Å². The summed E-state index contributed by atoms with van der Waals surface area (Å²) in [7, 11) is 0. The summed E-state index contributed by atoms with van der Waals surface area (Å²) >= 11 is 0. The van der Waals surface area contributed by atoms with E-state index in [0.717, 1.165) is 25.9 Å². The predicted octanol–water partition coefficient (Wildman–Crippen LogP) is -1.36. The molecule has 29 heavy (non-hydrogen) atoms. The number of hydrogen-bond donors (Lipinski definition) is 4. The van der Waals surface area contributed by atoms with Gasteiger partial charge in [0.2, 0.25) is 11.8 Å². The molecule has 0 unspecified atom stereocenters. The van der Waals surface area contributed by atoms with E-state index in [9.17, 15) is 9.90 Å². The van der Waals surface area contributed by atoms with Gasteiger partial charge in [0.05, 0.1) is 12.2 Å². The molecule has 152 valence electrons.